The summed E-state index contributed by atoms with van der Waals surface area (Å²) < 4.78 is 41.8. The quantitative estimate of drug-likeness (QED) is 0.405. The largest absolute Gasteiger partial charge is 0.355 e. The topological polar surface area (TPSA) is 86.8 Å². The molecule has 3 rings (SSSR count). The summed E-state index contributed by atoms with van der Waals surface area (Å²) in [6.45, 7) is 5.53. The van der Waals surface area contributed by atoms with E-state index in [-0.39, 0.29) is 23.0 Å². The van der Waals surface area contributed by atoms with Gasteiger partial charge in [-0.2, -0.15) is 0 Å². The maximum absolute atomic E-state index is 13.8. The lowest BCUT2D eigenvalue weighted by Gasteiger charge is -2.33. The van der Waals surface area contributed by atoms with Crippen molar-refractivity contribution in [2.75, 3.05) is 17.4 Å². The number of carbonyl (C=O) groups is 2. The molecule has 0 aliphatic rings. The molecule has 1 N–H and O–H groups in total. The van der Waals surface area contributed by atoms with Gasteiger partial charge in [-0.3, -0.25) is 13.9 Å². The molecule has 0 saturated carbocycles. The van der Waals surface area contributed by atoms with Gasteiger partial charge in [0.05, 0.1) is 10.6 Å². The highest BCUT2D eigenvalue weighted by Crippen LogP contribution is 2.25. The fourth-order valence-electron chi connectivity index (χ4n) is 4.08. The fourth-order valence-corrected chi connectivity index (χ4v) is 5.49. The first kappa shape index (κ1) is 27.9. The van der Waals surface area contributed by atoms with E-state index in [1.807, 2.05) is 31.2 Å². The van der Waals surface area contributed by atoms with Crippen LogP contribution in [0.15, 0.2) is 83.8 Å². The van der Waals surface area contributed by atoms with Gasteiger partial charge in [0.2, 0.25) is 11.8 Å². The Balaban J connectivity index is 2.03. The molecule has 3 aromatic rings. The minimum Gasteiger partial charge on any atom is -0.355 e. The van der Waals surface area contributed by atoms with Gasteiger partial charge in [0.25, 0.3) is 10.0 Å². The number of para-hydroxylation sites is 1. The molecule has 0 aliphatic heterocycles. The van der Waals surface area contributed by atoms with E-state index in [2.05, 4.69) is 5.32 Å². The average molecular weight is 526 g/mol. The Kier molecular flexibility index (Phi) is 9.41. The van der Waals surface area contributed by atoms with Gasteiger partial charge in [-0.1, -0.05) is 55.0 Å². The SMILES string of the molecule is CCNC(=O)[C@H](CC)N(Cc1cccc(C)c1)C(=O)CN(c1ccccc1)S(=O)(=O)c1ccc(F)cc1. The van der Waals surface area contributed by atoms with Gasteiger partial charge in [0.15, 0.2) is 0 Å². The van der Waals surface area contributed by atoms with Crippen molar-refractivity contribution in [1.29, 1.82) is 0 Å². The summed E-state index contributed by atoms with van der Waals surface area (Å²) in [4.78, 5) is 28.0. The molecule has 0 saturated heterocycles. The zero-order chi connectivity index (χ0) is 27.0. The Morgan fingerprint density at radius 1 is 0.946 bits per heavy atom. The van der Waals surface area contributed by atoms with Gasteiger partial charge >= 0.3 is 0 Å². The third kappa shape index (κ3) is 6.95. The number of amides is 2. The lowest BCUT2D eigenvalue weighted by atomic mass is 10.1. The first-order valence-electron chi connectivity index (χ1n) is 12.1. The van der Waals surface area contributed by atoms with Crippen molar-refractivity contribution in [2.24, 2.45) is 0 Å². The molecule has 0 heterocycles. The van der Waals surface area contributed by atoms with Crippen LogP contribution in [-0.4, -0.2) is 44.3 Å². The second-order valence-corrected chi connectivity index (χ2v) is 10.5. The highest BCUT2D eigenvalue weighted by atomic mass is 32.2. The summed E-state index contributed by atoms with van der Waals surface area (Å²) in [6, 6.07) is 19.5. The van der Waals surface area contributed by atoms with Crippen LogP contribution in [0.4, 0.5) is 10.1 Å². The van der Waals surface area contributed by atoms with Crippen molar-refractivity contribution in [3.63, 3.8) is 0 Å². The molecule has 0 bridgehead atoms. The van der Waals surface area contributed by atoms with E-state index in [0.717, 1.165) is 27.6 Å². The molecule has 0 unspecified atom stereocenters. The Bertz CT molecular complexity index is 1310. The van der Waals surface area contributed by atoms with Crippen LogP contribution in [0, 0.1) is 12.7 Å². The van der Waals surface area contributed by atoms with Crippen LogP contribution in [-0.2, 0) is 26.2 Å². The van der Waals surface area contributed by atoms with E-state index >= 15 is 0 Å². The number of likely N-dealkylation sites (N-methyl/N-ethyl adjacent to an activating group) is 1. The summed E-state index contributed by atoms with van der Waals surface area (Å²) in [7, 11) is -4.22. The van der Waals surface area contributed by atoms with Crippen LogP contribution in [0.2, 0.25) is 0 Å². The van der Waals surface area contributed by atoms with Crippen LogP contribution >= 0.6 is 0 Å². The Morgan fingerprint density at radius 3 is 2.22 bits per heavy atom. The van der Waals surface area contributed by atoms with Gasteiger partial charge in [0, 0.05) is 13.1 Å². The molecule has 3 aromatic carbocycles. The summed E-state index contributed by atoms with van der Waals surface area (Å²) in [5, 5.41) is 2.78. The molecule has 9 heteroatoms. The molecule has 0 aliphatic carbocycles. The minimum atomic E-state index is -4.22. The van der Waals surface area contributed by atoms with E-state index in [4.69, 9.17) is 0 Å². The van der Waals surface area contributed by atoms with Crippen molar-refractivity contribution >= 4 is 27.5 Å². The monoisotopic (exact) mass is 525 g/mol. The molecule has 1 atom stereocenters. The number of anilines is 1. The Morgan fingerprint density at radius 2 is 1.62 bits per heavy atom. The van der Waals surface area contributed by atoms with Crippen molar-refractivity contribution in [3.05, 3.63) is 95.8 Å². The lowest BCUT2D eigenvalue weighted by molar-refractivity contribution is -0.140. The first-order valence-corrected chi connectivity index (χ1v) is 13.6. The highest BCUT2D eigenvalue weighted by molar-refractivity contribution is 7.92. The number of sulfonamides is 1. The lowest BCUT2D eigenvalue weighted by Crippen LogP contribution is -2.52. The zero-order valence-corrected chi connectivity index (χ0v) is 22.0. The predicted octanol–water partition coefficient (Wildman–Crippen LogP) is 4.27. The number of halogens is 1. The van der Waals surface area contributed by atoms with Crippen LogP contribution < -0.4 is 9.62 Å². The zero-order valence-electron chi connectivity index (χ0n) is 21.2. The molecular formula is C28H32FN3O4S. The van der Waals surface area contributed by atoms with Gasteiger partial charge in [0.1, 0.15) is 18.4 Å². The molecule has 196 valence electrons. The predicted molar refractivity (Wildman–Crippen MR) is 142 cm³/mol. The van der Waals surface area contributed by atoms with Gasteiger partial charge in [-0.05, 0) is 62.2 Å². The second kappa shape index (κ2) is 12.5. The number of rotatable bonds is 11. The fraction of sp³-hybridized carbons (Fsp3) is 0.286. The average Bonchev–Trinajstić information content (AvgIpc) is 2.88. The van der Waals surface area contributed by atoms with Crippen LogP contribution in [0.5, 0.6) is 0 Å². The molecule has 2 amide bonds. The molecule has 0 spiro atoms. The van der Waals surface area contributed by atoms with Gasteiger partial charge in [-0.25, -0.2) is 12.8 Å². The number of carbonyl (C=O) groups excluding carboxylic acids is 2. The minimum absolute atomic E-state index is 0.134. The third-order valence-electron chi connectivity index (χ3n) is 5.90. The number of hydrogen-bond acceptors (Lipinski definition) is 4. The Labute approximate surface area is 218 Å². The van der Waals surface area contributed by atoms with Crippen molar-refractivity contribution in [3.8, 4) is 0 Å². The van der Waals surface area contributed by atoms with Crippen LogP contribution in [0.25, 0.3) is 0 Å². The molecular weight excluding hydrogens is 493 g/mol. The standard InChI is InChI=1S/C28H32FN3O4S/c1-4-26(28(34)30-5-2)31(19-22-11-9-10-21(3)18-22)27(33)20-32(24-12-7-6-8-13-24)37(35,36)25-16-14-23(29)15-17-25/h6-18,26H,4-5,19-20H2,1-3H3,(H,30,34)/t26-/m0/s1. The molecule has 0 fully saturated rings. The number of aryl methyl sites for hydroxylation is 1. The Hall–Kier alpha value is -3.72. The smallest absolute Gasteiger partial charge is 0.264 e. The number of nitrogens with zero attached hydrogens (tertiary/aromatic N) is 2. The first-order chi connectivity index (χ1) is 17.7. The van der Waals surface area contributed by atoms with Gasteiger partial charge in [-0.15, -0.1) is 0 Å². The third-order valence-corrected chi connectivity index (χ3v) is 7.69. The number of hydrogen-bond donors (Lipinski definition) is 1. The normalized spacial score (nSPS) is 12.0. The van der Waals surface area contributed by atoms with E-state index in [1.54, 1.807) is 44.2 Å². The molecule has 7 nitrogen and oxygen atoms in total. The summed E-state index contributed by atoms with van der Waals surface area (Å²) in [5.41, 5.74) is 2.10. The van der Waals surface area contributed by atoms with E-state index in [0.29, 0.717) is 13.0 Å². The van der Waals surface area contributed by atoms with E-state index < -0.39 is 34.3 Å². The van der Waals surface area contributed by atoms with Crippen molar-refractivity contribution in [1.82, 2.24) is 10.2 Å². The van der Waals surface area contributed by atoms with Crippen LogP contribution in [0.3, 0.4) is 0 Å². The second-order valence-electron chi connectivity index (χ2n) is 8.63. The highest BCUT2D eigenvalue weighted by Gasteiger charge is 2.33. The number of nitrogens with one attached hydrogen (secondary N) is 1. The van der Waals surface area contributed by atoms with Gasteiger partial charge < -0.3 is 10.2 Å². The maximum atomic E-state index is 13.8. The maximum Gasteiger partial charge on any atom is 0.264 e. The molecule has 0 aromatic heterocycles. The summed E-state index contributed by atoms with van der Waals surface area (Å²) in [5.74, 6) is -1.41. The molecule has 0 radical (unpaired) electrons. The summed E-state index contributed by atoms with van der Waals surface area (Å²) >= 11 is 0. The van der Waals surface area contributed by atoms with E-state index in [1.165, 1.54) is 17.0 Å². The van der Waals surface area contributed by atoms with Crippen molar-refractivity contribution in [2.45, 2.75) is 44.7 Å². The van der Waals surface area contributed by atoms with Crippen LogP contribution in [0.1, 0.15) is 31.4 Å². The molecule has 37 heavy (non-hydrogen) atoms. The summed E-state index contributed by atoms with van der Waals surface area (Å²) in [6.07, 6.45) is 0.347. The number of benzene rings is 3. The van der Waals surface area contributed by atoms with E-state index in [9.17, 15) is 22.4 Å². The van der Waals surface area contributed by atoms with Crippen molar-refractivity contribution < 1.29 is 22.4 Å².